The smallest absolute Gasteiger partial charge is 0.267 e. The lowest BCUT2D eigenvalue weighted by molar-refractivity contribution is -0.146. The molecule has 0 N–H and O–H groups in total. The highest BCUT2D eigenvalue weighted by molar-refractivity contribution is 7.14. The first kappa shape index (κ1) is 20.4. The van der Waals surface area contributed by atoms with Crippen LogP contribution in [0.1, 0.15) is 27.4 Å². The number of amides is 2. The summed E-state index contributed by atoms with van der Waals surface area (Å²) in [7, 11) is 0. The topological polar surface area (TPSA) is 76.2 Å². The van der Waals surface area contributed by atoms with Gasteiger partial charge in [0.25, 0.3) is 5.91 Å². The molecule has 30 heavy (non-hydrogen) atoms. The predicted molar refractivity (Wildman–Crippen MR) is 112 cm³/mol. The SMILES string of the molecule is Cc1ccc(C(=O)CCC(=O)N2CCN(C(=O)C3COc4ccccc4O3)CC2)s1. The molecule has 4 rings (SSSR count). The van der Waals surface area contributed by atoms with Crippen LogP contribution >= 0.6 is 11.3 Å². The van der Waals surface area contributed by atoms with Crippen LogP contribution in [0.15, 0.2) is 36.4 Å². The molecule has 2 aliphatic rings. The molecule has 0 bridgehead atoms. The average Bonchev–Trinajstić information content (AvgIpc) is 3.23. The molecule has 7 nitrogen and oxygen atoms in total. The Morgan fingerprint density at radius 2 is 1.67 bits per heavy atom. The van der Waals surface area contributed by atoms with E-state index in [4.69, 9.17) is 9.47 Å². The minimum atomic E-state index is -0.672. The van der Waals surface area contributed by atoms with Crippen LogP contribution in [-0.2, 0) is 9.59 Å². The Labute approximate surface area is 179 Å². The lowest BCUT2D eigenvalue weighted by atomic mass is 10.1. The van der Waals surface area contributed by atoms with Crippen LogP contribution in [-0.4, -0.2) is 66.3 Å². The number of fused-ring (bicyclic) bond motifs is 1. The monoisotopic (exact) mass is 428 g/mol. The number of benzene rings is 1. The van der Waals surface area contributed by atoms with Gasteiger partial charge in [-0.3, -0.25) is 14.4 Å². The van der Waals surface area contributed by atoms with Crippen LogP contribution in [0.2, 0.25) is 0 Å². The molecule has 2 amide bonds. The molecule has 1 aromatic heterocycles. The van der Waals surface area contributed by atoms with Crippen LogP contribution in [0.5, 0.6) is 11.5 Å². The Balaban J connectivity index is 1.24. The van der Waals surface area contributed by atoms with Gasteiger partial charge < -0.3 is 19.3 Å². The second kappa shape index (κ2) is 8.87. The maximum atomic E-state index is 12.8. The lowest BCUT2D eigenvalue weighted by Crippen LogP contribution is -2.55. The third-order valence-corrected chi connectivity index (χ3v) is 6.35. The molecular weight excluding hydrogens is 404 g/mol. The van der Waals surface area contributed by atoms with Crippen LogP contribution in [0, 0.1) is 6.92 Å². The van der Waals surface area contributed by atoms with Crippen LogP contribution in [0.3, 0.4) is 0 Å². The molecule has 0 radical (unpaired) electrons. The number of piperazine rings is 1. The fourth-order valence-electron chi connectivity index (χ4n) is 3.61. The third kappa shape index (κ3) is 4.48. The summed E-state index contributed by atoms with van der Waals surface area (Å²) in [5, 5.41) is 0. The summed E-state index contributed by atoms with van der Waals surface area (Å²) in [5.41, 5.74) is 0. The van der Waals surface area contributed by atoms with Crippen molar-refractivity contribution in [1.29, 1.82) is 0 Å². The fraction of sp³-hybridized carbons (Fsp3) is 0.409. The second-order valence-corrected chi connectivity index (χ2v) is 8.69. The molecule has 1 fully saturated rings. The first-order valence-electron chi connectivity index (χ1n) is 10.1. The number of carbonyl (C=O) groups excluding carboxylic acids is 3. The van der Waals surface area contributed by atoms with Crippen molar-refractivity contribution in [2.75, 3.05) is 32.8 Å². The maximum Gasteiger partial charge on any atom is 0.267 e. The van der Waals surface area contributed by atoms with E-state index in [1.807, 2.05) is 37.3 Å². The summed E-state index contributed by atoms with van der Waals surface area (Å²) in [6, 6.07) is 11.0. The summed E-state index contributed by atoms with van der Waals surface area (Å²) in [5.74, 6) is 1.05. The number of Topliss-reactive ketones (excluding diaryl/α,β-unsaturated/α-hetero) is 1. The van der Waals surface area contributed by atoms with Gasteiger partial charge in [-0.05, 0) is 31.2 Å². The molecule has 0 aliphatic carbocycles. The van der Waals surface area contributed by atoms with Crippen LogP contribution in [0.4, 0.5) is 0 Å². The van der Waals surface area contributed by atoms with Crippen molar-refractivity contribution in [2.45, 2.75) is 25.9 Å². The third-order valence-electron chi connectivity index (χ3n) is 5.31. The first-order chi connectivity index (χ1) is 14.5. The molecule has 0 saturated carbocycles. The van der Waals surface area contributed by atoms with E-state index in [0.717, 1.165) is 4.88 Å². The summed E-state index contributed by atoms with van der Waals surface area (Å²) in [4.78, 5) is 42.7. The summed E-state index contributed by atoms with van der Waals surface area (Å²) < 4.78 is 11.4. The van der Waals surface area contributed by atoms with Crippen molar-refractivity contribution < 1.29 is 23.9 Å². The summed E-state index contributed by atoms with van der Waals surface area (Å²) in [6.45, 7) is 3.95. The molecule has 3 heterocycles. The lowest BCUT2D eigenvalue weighted by Gasteiger charge is -2.37. The zero-order valence-corrected chi connectivity index (χ0v) is 17.7. The molecule has 1 aromatic carbocycles. The number of nitrogens with zero attached hydrogens (tertiary/aromatic N) is 2. The van der Waals surface area contributed by atoms with Gasteiger partial charge in [0.1, 0.15) is 6.61 Å². The van der Waals surface area contributed by atoms with Crippen molar-refractivity contribution in [3.63, 3.8) is 0 Å². The zero-order valence-electron chi connectivity index (χ0n) is 16.8. The molecule has 1 unspecified atom stereocenters. The normalized spacial score (nSPS) is 18.2. The van der Waals surface area contributed by atoms with Gasteiger partial charge in [-0.25, -0.2) is 0 Å². The predicted octanol–water partition coefficient (Wildman–Crippen LogP) is 2.53. The molecule has 2 aromatic rings. The average molecular weight is 429 g/mol. The van der Waals surface area contributed by atoms with Gasteiger partial charge in [0.05, 0.1) is 4.88 Å². The Morgan fingerprint density at radius 1 is 0.967 bits per heavy atom. The van der Waals surface area contributed by atoms with Crippen molar-refractivity contribution in [3.8, 4) is 11.5 Å². The van der Waals surface area contributed by atoms with E-state index >= 15 is 0 Å². The number of ether oxygens (including phenoxy) is 2. The van der Waals surface area contributed by atoms with Gasteiger partial charge in [-0.15, -0.1) is 11.3 Å². The second-order valence-electron chi connectivity index (χ2n) is 7.40. The van der Waals surface area contributed by atoms with Gasteiger partial charge in [-0.2, -0.15) is 0 Å². The van der Waals surface area contributed by atoms with Gasteiger partial charge in [-0.1, -0.05) is 12.1 Å². The van der Waals surface area contributed by atoms with E-state index in [2.05, 4.69) is 0 Å². The molecule has 8 heteroatoms. The number of para-hydroxylation sites is 2. The van der Waals surface area contributed by atoms with E-state index in [9.17, 15) is 14.4 Å². The minimum absolute atomic E-state index is 0.00462. The van der Waals surface area contributed by atoms with E-state index in [0.29, 0.717) is 42.6 Å². The molecule has 0 spiro atoms. The molecular formula is C22H24N2O5S. The van der Waals surface area contributed by atoms with Gasteiger partial charge >= 0.3 is 0 Å². The Morgan fingerprint density at radius 3 is 2.37 bits per heavy atom. The van der Waals surface area contributed by atoms with Crippen molar-refractivity contribution >= 4 is 28.9 Å². The van der Waals surface area contributed by atoms with E-state index in [1.165, 1.54) is 11.3 Å². The number of rotatable bonds is 5. The number of aryl methyl sites for hydroxylation is 1. The number of carbonyl (C=O) groups is 3. The van der Waals surface area contributed by atoms with Crippen molar-refractivity contribution in [2.24, 2.45) is 0 Å². The quantitative estimate of drug-likeness (QED) is 0.684. The highest BCUT2D eigenvalue weighted by atomic mass is 32.1. The molecule has 2 aliphatic heterocycles. The van der Waals surface area contributed by atoms with Gasteiger partial charge in [0.2, 0.25) is 12.0 Å². The summed E-state index contributed by atoms with van der Waals surface area (Å²) in [6.07, 6.45) is -0.265. The minimum Gasteiger partial charge on any atom is -0.485 e. The molecule has 1 saturated heterocycles. The highest BCUT2D eigenvalue weighted by Crippen LogP contribution is 2.31. The highest BCUT2D eigenvalue weighted by Gasteiger charge is 2.33. The molecule has 158 valence electrons. The Bertz CT molecular complexity index is 949. The standard InChI is InChI=1S/C22H24N2O5S/c1-15-6-8-20(30-15)16(25)7-9-21(26)23-10-12-24(13-11-23)22(27)19-14-28-17-4-2-3-5-18(17)29-19/h2-6,8,19H,7,9-14H2,1H3. The number of hydrogen-bond acceptors (Lipinski definition) is 6. The first-order valence-corrected chi connectivity index (χ1v) is 10.9. The number of thiophene rings is 1. The molecule has 1 atom stereocenters. The largest absolute Gasteiger partial charge is 0.485 e. The van der Waals surface area contributed by atoms with Crippen molar-refractivity contribution in [1.82, 2.24) is 9.80 Å². The van der Waals surface area contributed by atoms with E-state index in [-0.39, 0.29) is 37.0 Å². The van der Waals surface area contributed by atoms with Crippen LogP contribution < -0.4 is 9.47 Å². The maximum absolute atomic E-state index is 12.8. The van der Waals surface area contributed by atoms with Gasteiger partial charge in [0, 0.05) is 43.9 Å². The van der Waals surface area contributed by atoms with E-state index in [1.54, 1.807) is 15.9 Å². The number of ketones is 1. The van der Waals surface area contributed by atoms with E-state index < -0.39 is 6.10 Å². The summed E-state index contributed by atoms with van der Waals surface area (Å²) >= 11 is 1.46. The van der Waals surface area contributed by atoms with Gasteiger partial charge in [0.15, 0.2) is 17.3 Å². The van der Waals surface area contributed by atoms with Crippen molar-refractivity contribution in [3.05, 3.63) is 46.2 Å². The van der Waals surface area contributed by atoms with Crippen LogP contribution in [0.25, 0.3) is 0 Å². The Hall–Kier alpha value is -2.87. The fourth-order valence-corrected chi connectivity index (χ4v) is 4.44. The zero-order chi connectivity index (χ0) is 21.1. The Kier molecular flexibility index (Phi) is 6.03. The number of hydrogen-bond donors (Lipinski definition) is 0.